The van der Waals surface area contributed by atoms with E-state index < -0.39 is 0 Å². The van der Waals surface area contributed by atoms with Crippen LogP contribution in [0.25, 0.3) is 11.3 Å². The van der Waals surface area contributed by atoms with Crippen molar-refractivity contribution in [3.05, 3.63) is 53.9 Å². The lowest BCUT2D eigenvalue weighted by atomic mass is 10.2. The molecule has 0 aliphatic carbocycles. The van der Waals surface area contributed by atoms with E-state index in [1.54, 1.807) is 26.4 Å². The van der Waals surface area contributed by atoms with Crippen molar-refractivity contribution in [1.29, 1.82) is 0 Å². The first kappa shape index (κ1) is 16.8. The maximum Gasteiger partial charge on any atom is 0.325 e. The van der Waals surface area contributed by atoms with Gasteiger partial charge in [-0.15, -0.1) is 11.3 Å². The van der Waals surface area contributed by atoms with Gasteiger partial charge >= 0.3 is 6.03 Å². The van der Waals surface area contributed by atoms with Crippen LogP contribution in [0, 0.1) is 0 Å². The van der Waals surface area contributed by atoms with Gasteiger partial charge in [0.1, 0.15) is 11.5 Å². The van der Waals surface area contributed by atoms with Gasteiger partial charge in [0, 0.05) is 10.9 Å². The zero-order valence-corrected chi connectivity index (χ0v) is 14.6. The third-order valence-electron chi connectivity index (χ3n) is 3.45. The van der Waals surface area contributed by atoms with E-state index in [1.165, 1.54) is 11.3 Å². The summed E-state index contributed by atoms with van der Waals surface area (Å²) in [6.07, 6.45) is 0. The monoisotopic (exact) mass is 355 g/mol. The van der Waals surface area contributed by atoms with Crippen molar-refractivity contribution in [2.75, 3.05) is 24.9 Å². The Morgan fingerprint density at radius 3 is 2.68 bits per heavy atom. The number of thiazole rings is 1. The maximum atomic E-state index is 12.2. The van der Waals surface area contributed by atoms with Crippen LogP contribution in [0.4, 0.5) is 15.6 Å². The number of amides is 2. The highest BCUT2D eigenvalue weighted by atomic mass is 32.1. The van der Waals surface area contributed by atoms with Crippen LogP contribution >= 0.6 is 11.3 Å². The first-order chi connectivity index (χ1) is 12.2. The van der Waals surface area contributed by atoms with Gasteiger partial charge in [-0.25, -0.2) is 9.78 Å². The fourth-order valence-electron chi connectivity index (χ4n) is 2.24. The van der Waals surface area contributed by atoms with Crippen LogP contribution in [0.3, 0.4) is 0 Å². The average Bonchev–Trinajstić information content (AvgIpc) is 3.10. The number of hydrogen-bond acceptors (Lipinski definition) is 5. The van der Waals surface area contributed by atoms with Gasteiger partial charge in [-0.2, -0.15) is 0 Å². The first-order valence-corrected chi connectivity index (χ1v) is 8.38. The van der Waals surface area contributed by atoms with Crippen molar-refractivity contribution < 1.29 is 14.3 Å². The van der Waals surface area contributed by atoms with Crippen LogP contribution in [-0.4, -0.2) is 25.2 Å². The second-order valence-corrected chi connectivity index (χ2v) is 5.91. The molecule has 0 aliphatic heterocycles. The van der Waals surface area contributed by atoms with E-state index in [9.17, 15) is 4.79 Å². The summed E-state index contributed by atoms with van der Waals surface area (Å²) in [7, 11) is 3.18. The molecule has 2 aromatic carbocycles. The zero-order chi connectivity index (χ0) is 17.6. The minimum absolute atomic E-state index is 0.379. The topological polar surface area (TPSA) is 72.5 Å². The van der Waals surface area contributed by atoms with E-state index in [1.807, 2.05) is 41.8 Å². The quantitative estimate of drug-likeness (QED) is 0.708. The van der Waals surface area contributed by atoms with Crippen LogP contribution in [0.5, 0.6) is 11.5 Å². The Kier molecular flexibility index (Phi) is 5.15. The standard InChI is InChI=1S/C18H17N3O3S/c1-23-13-7-5-6-12(10-13)15-11-25-18(20-15)21-17(22)19-14-8-3-4-9-16(14)24-2/h3-11H,1-2H3,(H2,19,20,21,22). The number of benzene rings is 2. The van der Waals surface area contributed by atoms with Gasteiger partial charge in [0.05, 0.1) is 25.6 Å². The Morgan fingerprint density at radius 2 is 1.88 bits per heavy atom. The fourth-order valence-corrected chi connectivity index (χ4v) is 2.96. The van der Waals surface area contributed by atoms with E-state index in [2.05, 4.69) is 15.6 Å². The number of carbonyl (C=O) groups excluding carboxylic acids is 1. The molecule has 0 bridgehead atoms. The second-order valence-electron chi connectivity index (χ2n) is 5.05. The molecule has 0 unspecified atom stereocenters. The molecule has 7 heteroatoms. The number of hydrogen-bond donors (Lipinski definition) is 2. The van der Waals surface area contributed by atoms with Gasteiger partial charge in [0.2, 0.25) is 0 Å². The summed E-state index contributed by atoms with van der Waals surface area (Å²) in [4.78, 5) is 16.6. The van der Waals surface area contributed by atoms with Crippen molar-refractivity contribution in [3.63, 3.8) is 0 Å². The molecule has 0 radical (unpaired) electrons. The molecule has 2 N–H and O–H groups in total. The molecular weight excluding hydrogens is 338 g/mol. The van der Waals surface area contributed by atoms with Crippen LogP contribution in [0.2, 0.25) is 0 Å². The second kappa shape index (κ2) is 7.67. The molecular formula is C18H17N3O3S. The Labute approximate surface area is 149 Å². The molecule has 128 valence electrons. The van der Waals surface area contributed by atoms with E-state index >= 15 is 0 Å². The zero-order valence-electron chi connectivity index (χ0n) is 13.8. The Bertz CT molecular complexity index is 879. The minimum atomic E-state index is -0.379. The molecule has 6 nitrogen and oxygen atoms in total. The van der Waals surface area contributed by atoms with Gasteiger partial charge in [0.15, 0.2) is 5.13 Å². The summed E-state index contributed by atoms with van der Waals surface area (Å²) in [6.45, 7) is 0. The van der Waals surface area contributed by atoms with Crippen LogP contribution < -0.4 is 20.1 Å². The highest BCUT2D eigenvalue weighted by Gasteiger charge is 2.10. The normalized spacial score (nSPS) is 10.2. The first-order valence-electron chi connectivity index (χ1n) is 7.50. The van der Waals surface area contributed by atoms with Crippen molar-refractivity contribution in [1.82, 2.24) is 4.98 Å². The fraction of sp³-hybridized carbons (Fsp3) is 0.111. The Morgan fingerprint density at radius 1 is 1.04 bits per heavy atom. The van der Waals surface area contributed by atoms with E-state index in [0.29, 0.717) is 16.6 Å². The van der Waals surface area contributed by atoms with Gasteiger partial charge in [0.25, 0.3) is 0 Å². The SMILES string of the molecule is COc1cccc(-c2csc(NC(=O)Nc3ccccc3OC)n2)c1. The number of urea groups is 1. The number of rotatable bonds is 5. The number of nitrogens with one attached hydrogen (secondary N) is 2. The molecule has 0 saturated heterocycles. The molecule has 3 aromatic rings. The van der Waals surface area contributed by atoms with E-state index in [0.717, 1.165) is 17.0 Å². The maximum absolute atomic E-state index is 12.2. The van der Waals surface area contributed by atoms with Crippen LogP contribution in [0.15, 0.2) is 53.9 Å². The van der Waals surface area contributed by atoms with Crippen LogP contribution in [-0.2, 0) is 0 Å². The molecule has 2 amide bonds. The van der Waals surface area contributed by atoms with Gasteiger partial charge in [-0.3, -0.25) is 5.32 Å². The number of para-hydroxylation sites is 2. The number of carbonyl (C=O) groups is 1. The molecule has 0 fully saturated rings. The summed E-state index contributed by atoms with van der Waals surface area (Å²) in [5, 5.41) is 7.87. The predicted molar refractivity (Wildman–Crippen MR) is 99.7 cm³/mol. The van der Waals surface area contributed by atoms with E-state index in [4.69, 9.17) is 9.47 Å². The average molecular weight is 355 g/mol. The van der Waals surface area contributed by atoms with Crippen molar-refractivity contribution in [2.45, 2.75) is 0 Å². The molecule has 3 rings (SSSR count). The number of nitrogens with zero attached hydrogens (tertiary/aromatic N) is 1. The van der Waals surface area contributed by atoms with E-state index in [-0.39, 0.29) is 6.03 Å². The lowest BCUT2D eigenvalue weighted by molar-refractivity contribution is 0.262. The Balaban J connectivity index is 1.69. The Hall–Kier alpha value is -3.06. The summed E-state index contributed by atoms with van der Waals surface area (Å²) >= 11 is 1.35. The number of ether oxygens (including phenoxy) is 2. The molecule has 0 spiro atoms. The van der Waals surface area contributed by atoms with Crippen molar-refractivity contribution in [3.8, 4) is 22.8 Å². The van der Waals surface area contributed by atoms with Crippen molar-refractivity contribution in [2.24, 2.45) is 0 Å². The summed E-state index contributed by atoms with van der Waals surface area (Å²) < 4.78 is 10.4. The summed E-state index contributed by atoms with van der Waals surface area (Å²) in [6, 6.07) is 14.4. The smallest absolute Gasteiger partial charge is 0.325 e. The molecule has 1 heterocycles. The van der Waals surface area contributed by atoms with Crippen LogP contribution in [0.1, 0.15) is 0 Å². The minimum Gasteiger partial charge on any atom is -0.497 e. The molecule has 25 heavy (non-hydrogen) atoms. The van der Waals surface area contributed by atoms with Gasteiger partial charge < -0.3 is 14.8 Å². The number of anilines is 2. The predicted octanol–water partition coefficient (Wildman–Crippen LogP) is 4.47. The third kappa shape index (κ3) is 4.07. The molecule has 0 aliphatic rings. The third-order valence-corrected chi connectivity index (χ3v) is 4.20. The molecule has 0 saturated carbocycles. The highest BCUT2D eigenvalue weighted by molar-refractivity contribution is 7.14. The van der Waals surface area contributed by atoms with Gasteiger partial charge in [-0.1, -0.05) is 24.3 Å². The molecule has 1 aromatic heterocycles. The lowest BCUT2D eigenvalue weighted by Crippen LogP contribution is -2.19. The lowest BCUT2D eigenvalue weighted by Gasteiger charge is -2.09. The summed E-state index contributed by atoms with van der Waals surface area (Å²) in [5.74, 6) is 1.35. The largest absolute Gasteiger partial charge is 0.497 e. The molecule has 0 atom stereocenters. The highest BCUT2D eigenvalue weighted by Crippen LogP contribution is 2.28. The van der Waals surface area contributed by atoms with Gasteiger partial charge in [-0.05, 0) is 24.3 Å². The van der Waals surface area contributed by atoms with Crippen molar-refractivity contribution >= 4 is 28.2 Å². The number of methoxy groups -OCH3 is 2. The number of aromatic nitrogens is 1. The summed E-state index contributed by atoms with van der Waals surface area (Å²) in [5.41, 5.74) is 2.29.